The van der Waals surface area contributed by atoms with Crippen molar-refractivity contribution in [1.82, 2.24) is 46.1 Å². The van der Waals surface area contributed by atoms with Crippen molar-refractivity contribution in [3.63, 3.8) is 0 Å². The van der Waals surface area contributed by atoms with E-state index in [4.69, 9.17) is 23.7 Å². The number of nitrogens with one attached hydrogen (secondary N) is 6. The van der Waals surface area contributed by atoms with Crippen LogP contribution in [0.3, 0.4) is 0 Å². The number of aliphatic hydroxyl groups is 2. The number of fused-ring (bicyclic) bond motifs is 9. The molecule has 1 saturated carbocycles. The number of para-hydroxylation sites is 1. The molecule has 2 fully saturated rings. The van der Waals surface area contributed by atoms with E-state index < -0.39 is 85.2 Å². The summed E-state index contributed by atoms with van der Waals surface area (Å²) in [5, 5.41) is 49.5. The minimum atomic E-state index is -1.50. The smallest absolute Gasteiger partial charge is 0.416 e. The lowest BCUT2D eigenvalue weighted by molar-refractivity contribution is -0.132. The quantitative estimate of drug-likeness (QED) is 0.0225. The van der Waals surface area contributed by atoms with Gasteiger partial charge in [0.15, 0.2) is 29.2 Å². The van der Waals surface area contributed by atoms with Crippen molar-refractivity contribution in [1.29, 1.82) is 0 Å². The van der Waals surface area contributed by atoms with E-state index in [2.05, 4.69) is 66.5 Å². The van der Waals surface area contributed by atoms with E-state index >= 15 is 0 Å². The molecule has 0 radical (unpaired) electrons. The first-order valence-electron chi connectivity index (χ1n) is 37.2. The van der Waals surface area contributed by atoms with E-state index in [1.165, 1.54) is 33.3 Å². The van der Waals surface area contributed by atoms with Gasteiger partial charge in [-0.15, -0.1) is 5.10 Å². The zero-order valence-corrected chi connectivity index (χ0v) is 63.1. The minimum Gasteiger partial charge on any atom is -0.493 e. The highest BCUT2D eigenvalue weighted by Crippen LogP contribution is 2.57. The number of methoxy groups -OCH3 is 2. The Bertz CT molecular complexity index is 4690. The third-order valence-electron chi connectivity index (χ3n) is 21.1. The van der Waals surface area contributed by atoms with Gasteiger partial charge in [-0.1, -0.05) is 85.8 Å². The van der Waals surface area contributed by atoms with E-state index in [0.29, 0.717) is 72.9 Å². The standard InChI is InChI=1S/C81H94N14O15/c1-46(2)72(87-70(98)41-84-69(97)40-83-68(96)27-28-71(99)92-42-51-15-10-11-16-56(51)73-74(95(47(3)4)89-88-73)57-17-12-13-18-61(57)92)76(101)85-48(5)75(100)86-53-23-19-49(20-24-53)44-110-80(105)94-62-37-67(65(107-9)35-59(62)78(103)93-45-81(29-30-81)38-63(93)79(94)104)109-32-14-31-108-66-36-60-58(34-64(66)106-8)77(102)91-43-52(33-55(91)39-82-60)50-21-25-54(26-22-50)90(6)7/h10-13,15-26,34-37,43,46-48,55,63,71-72,79,82,99,104H,14,27-33,38-42,44-45H2,1-9H3,(H,83,96)(H,84,97)(H,85,101)(H,86,100)(H,87,98)/t48-,55-,63-,71?,72-,79?/m0/s1. The highest BCUT2D eigenvalue weighted by atomic mass is 16.6. The van der Waals surface area contributed by atoms with Crippen LogP contribution in [0.15, 0.2) is 128 Å². The van der Waals surface area contributed by atoms with E-state index in [1.54, 1.807) is 60.0 Å². The highest BCUT2D eigenvalue weighted by Gasteiger charge is 2.58. The van der Waals surface area contributed by atoms with Crippen LogP contribution < -0.4 is 65.5 Å². The zero-order chi connectivity index (χ0) is 77.8. The first kappa shape index (κ1) is 76.5. The Kier molecular flexibility index (Phi) is 22.7. The molecule has 29 heteroatoms. The summed E-state index contributed by atoms with van der Waals surface area (Å²) in [6, 6.07) is 33.6. The lowest BCUT2D eigenvalue weighted by atomic mass is 9.95. The molecular weight excluding hydrogens is 1410 g/mol. The highest BCUT2D eigenvalue weighted by molar-refractivity contribution is 6.07. The van der Waals surface area contributed by atoms with Gasteiger partial charge in [-0.2, -0.15) is 0 Å². The zero-order valence-electron chi connectivity index (χ0n) is 63.1. The molecule has 1 aromatic heterocycles. The maximum atomic E-state index is 14.5. The van der Waals surface area contributed by atoms with Gasteiger partial charge in [0.25, 0.3) is 11.8 Å². The number of hydrogen-bond acceptors (Lipinski definition) is 20. The normalized spacial score (nSPS) is 17.8. The van der Waals surface area contributed by atoms with Gasteiger partial charge in [-0.05, 0) is 123 Å². The van der Waals surface area contributed by atoms with Crippen LogP contribution in [0.1, 0.15) is 123 Å². The minimum absolute atomic E-state index is 0.00643. The summed E-state index contributed by atoms with van der Waals surface area (Å²) >= 11 is 0. The van der Waals surface area contributed by atoms with E-state index in [1.807, 2.05) is 97.2 Å². The SMILES string of the molecule is COc1cc2c(cc1OCCCOc1cc3c(cc1OC)C(=O)N1CC4(CC4)C[C@H]1C(O)N3C(=O)OCc1ccc(NC(=O)[C@H](C)NC(=O)[C@@H](NC(=O)CNC(=O)CNC(=O)CCC(O)N3Cc4ccccc4-c4nnn(C(C)C)c4-c4ccccc43)C(C)C)cc1)NC[C@@H]1CC(c3ccc(N(C)C)cc3)=CN1C2=O. The summed E-state index contributed by atoms with van der Waals surface area (Å²) in [5.41, 5.74) is 10.1. The Labute approximate surface area is 637 Å². The van der Waals surface area contributed by atoms with Crippen molar-refractivity contribution in [3.05, 3.63) is 155 Å². The fourth-order valence-corrected chi connectivity index (χ4v) is 14.8. The van der Waals surface area contributed by atoms with Crippen LogP contribution >= 0.6 is 0 Å². The average molecular weight is 1500 g/mol. The third-order valence-corrected chi connectivity index (χ3v) is 21.1. The number of benzene rings is 6. The van der Waals surface area contributed by atoms with Gasteiger partial charge < -0.3 is 85.4 Å². The maximum absolute atomic E-state index is 14.5. The van der Waals surface area contributed by atoms with Gasteiger partial charge in [0.1, 0.15) is 30.6 Å². The number of rotatable bonds is 27. The van der Waals surface area contributed by atoms with Crippen LogP contribution in [-0.4, -0.2) is 187 Å². The molecule has 1 saturated heterocycles. The van der Waals surface area contributed by atoms with E-state index in [9.17, 15) is 48.6 Å². The Morgan fingerprint density at radius 1 is 0.727 bits per heavy atom. The molecule has 6 aromatic carbocycles. The van der Waals surface area contributed by atoms with Crippen LogP contribution in [-0.2, 0) is 41.9 Å². The second kappa shape index (κ2) is 32.6. The van der Waals surface area contributed by atoms with Crippen LogP contribution in [0, 0.1) is 11.3 Å². The number of carbonyl (C=O) groups excluding carboxylic acids is 8. The molecule has 2 unspecified atom stereocenters. The van der Waals surface area contributed by atoms with Gasteiger partial charge >= 0.3 is 6.09 Å². The molecule has 6 heterocycles. The summed E-state index contributed by atoms with van der Waals surface area (Å²) in [7, 11) is 6.95. The van der Waals surface area contributed by atoms with Crippen LogP contribution in [0.4, 0.5) is 33.2 Å². The third kappa shape index (κ3) is 16.3. The van der Waals surface area contributed by atoms with Crippen molar-refractivity contribution < 1.29 is 72.3 Å². The van der Waals surface area contributed by atoms with Gasteiger partial charge in [-0.3, -0.25) is 33.6 Å². The maximum Gasteiger partial charge on any atom is 0.416 e. The van der Waals surface area contributed by atoms with Gasteiger partial charge in [0.05, 0.1) is 80.8 Å². The average Bonchev–Trinajstić information content (AvgIpc) is 1.57. The Morgan fingerprint density at radius 3 is 2.09 bits per heavy atom. The molecule has 1 spiro atoms. The van der Waals surface area contributed by atoms with Crippen molar-refractivity contribution in [3.8, 4) is 45.5 Å². The number of anilines is 5. The molecule has 7 aromatic rings. The molecule has 1 aliphatic carbocycles. The molecule has 0 bridgehead atoms. The van der Waals surface area contributed by atoms with E-state index in [0.717, 1.165) is 68.3 Å². The molecule has 5 aliphatic heterocycles. The van der Waals surface area contributed by atoms with Crippen LogP contribution in [0.5, 0.6) is 23.0 Å². The number of amides is 8. The number of carbonyl (C=O) groups is 8. The van der Waals surface area contributed by atoms with Gasteiger partial charge in [0.2, 0.25) is 29.5 Å². The Morgan fingerprint density at radius 2 is 1.40 bits per heavy atom. The fourth-order valence-electron chi connectivity index (χ4n) is 14.8. The predicted molar refractivity (Wildman–Crippen MR) is 411 cm³/mol. The second-order valence-corrected chi connectivity index (χ2v) is 29.6. The van der Waals surface area contributed by atoms with Crippen molar-refractivity contribution in [2.24, 2.45) is 11.3 Å². The van der Waals surface area contributed by atoms with Gasteiger partial charge in [0, 0.05) is 106 Å². The van der Waals surface area contributed by atoms with Crippen LogP contribution in [0.25, 0.3) is 28.1 Å². The van der Waals surface area contributed by atoms with Crippen molar-refractivity contribution >= 4 is 81.5 Å². The molecule has 8 amide bonds. The topological polar surface area (TPSA) is 342 Å². The molecule has 6 aliphatic rings. The molecule has 110 heavy (non-hydrogen) atoms. The molecule has 13 rings (SSSR count). The molecule has 8 N–H and O–H groups in total. The fraction of sp³-hybridized carbons (Fsp3) is 0.407. The summed E-state index contributed by atoms with van der Waals surface area (Å²) in [6.45, 7) is 9.19. The van der Waals surface area contributed by atoms with Crippen LogP contribution in [0.2, 0.25) is 0 Å². The molecule has 29 nitrogen and oxygen atoms in total. The number of aromatic nitrogens is 3. The monoisotopic (exact) mass is 1500 g/mol. The predicted octanol–water partition coefficient (Wildman–Crippen LogP) is 8.21. The number of ether oxygens (including phenoxy) is 5. The first-order valence-corrected chi connectivity index (χ1v) is 37.2. The Balaban J connectivity index is 0.569. The molecule has 578 valence electrons. The first-order chi connectivity index (χ1) is 52.9. The summed E-state index contributed by atoms with van der Waals surface area (Å²) in [5.74, 6) is -2.87. The summed E-state index contributed by atoms with van der Waals surface area (Å²) in [4.78, 5) is 118. The second-order valence-electron chi connectivity index (χ2n) is 29.6. The van der Waals surface area contributed by atoms with Crippen molar-refractivity contribution in [2.45, 2.75) is 135 Å². The lowest BCUT2D eigenvalue weighted by Gasteiger charge is -2.34. The largest absolute Gasteiger partial charge is 0.493 e. The van der Waals surface area contributed by atoms with Crippen molar-refractivity contribution in [2.75, 3.05) is 93.0 Å². The number of nitrogens with zero attached hydrogens (tertiary/aromatic N) is 8. The number of aliphatic hydroxyl groups excluding tert-OH is 2. The molecular formula is C81H94N14O15. The lowest BCUT2D eigenvalue weighted by Crippen LogP contribution is -2.55. The van der Waals surface area contributed by atoms with Gasteiger partial charge in [-0.25, -0.2) is 14.4 Å². The molecule has 6 atom stereocenters. The summed E-state index contributed by atoms with van der Waals surface area (Å²) < 4.78 is 31.9. The summed E-state index contributed by atoms with van der Waals surface area (Å²) in [6.07, 6.45) is 1.61. The number of hydrogen-bond donors (Lipinski definition) is 8. The van der Waals surface area contributed by atoms with E-state index in [-0.39, 0.29) is 84.7 Å². The Hall–Kier alpha value is -11.7.